The topological polar surface area (TPSA) is 98.3 Å². The molecule has 0 atom stereocenters. The van der Waals surface area contributed by atoms with Crippen molar-refractivity contribution in [2.24, 2.45) is 0 Å². The molecule has 2 aromatic carbocycles. The summed E-state index contributed by atoms with van der Waals surface area (Å²) >= 11 is 0. The maximum Gasteiger partial charge on any atom is 0.248 e. The Morgan fingerprint density at radius 2 is 1.97 bits per heavy atom. The van der Waals surface area contributed by atoms with Crippen molar-refractivity contribution >= 4 is 29.3 Å². The second-order valence-corrected chi connectivity index (χ2v) is 7.99. The number of nitrogens with one attached hydrogen (secondary N) is 2. The second-order valence-electron chi connectivity index (χ2n) is 7.99. The van der Waals surface area contributed by atoms with Gasteiger partial charge in [0.25, 0.3) is 0 Å². The molecule has 2 aromatic heterocycles. The second kappa shape index (κ2) is 12.1. The van der Waals surface area contributed by atoms with Crippen molar-refractivity contribution < 1.29 is 14.3 Å². The van der Waals surface area contributed by atoms with Crippen molar-refractivity contribution in [1.82, 2.24) is 15.0 Å². The third kappa shape index (κ3) is 6.79. The number of anilines is 3. The van der Waals surface area contributed by atoms with Crippen LogP contribution >= 0.6 is 0 Å². The Morgan fingerprint density at radius 1 is 1.08 bits per heavy atom. The average Bonchev–Trinajstić information content (AvgIpc) is 2.93. The van der Waals surface area contributed by atoms with Gasteiger partial charge >= 0.3 is 0 Å². The fraction of sp³-hybridized carbons (Fsp3) is 0.103. The lowest BCUT2D eigenvalue weighted by molar-refractivity contribution is -0.111. The van der Waals surface area contributed by atoms with E-state index < -0.39 is 0 Å². The van der Waals surface area contributed by atoms with E-state index in [0.717, 1.165) is 28.1 Å². The molecule has 2 heterocycles. The van der Waals surface area contributed by atoms with E-state index in [0.29, 0.717) is 29.7 Å². The first-order valence-electron chi connectivity index (χ1n) is 11.6. The molecule has 0 aliphatic carbocycles. The predicted octanol–water partition coefficient (Wildman–Crippen LogP) is 5.82. The third-order valence-electron chi connectivity index (χ3n) is 5.34. The van der Waals surface area contributed by atoms with Gasteiger partial charge in [-0.1, -0.05) is 24.8 Å². The summed E-state index contributed by atoms with van der Waals surface area (Å²) in [6, 6.07) is 16.7. The van der Waals surface area contributed by atoms with Crippen LogP contribution in [0.25, 0.3) is 17.3 Å². The fourth-order valence-electron chi connectivity index (χ4n) is 3.46. The summed E-state index contributed by atoms with van der Waals surface area (Å²) in [6.45, 7) is 5.99. The maximum absolute atomic E-state index is 12.6. The number of methoxy groups -OCH3 is 1. The molecule has 186 valence electrons. The number of carbonyl (C=O) groups is 1. The molecule has 0 aliphatic rings. The van der Waals surface area contributed by atoms with E-state index in [1.165, 1.54) is 6.08 Å². The number of aromatic nitrogens is 3. The zero-order valence-corrected chi connectivity index (χ0v) is 20.6. The van der Waals surface area contributed by atoms with Crippen LogP contribution in [0.4, 0.5) is 17.3 Å². The SMILES string of the molecule is C=CCOc1ccc(/C=C/C(=O)Nc2ccc(C)c(Nc3nccc(-c4cccnc4)n3)c2)cc1OC. The molecular weight excluding hydrogens is 466 g/mol. The van der Waals surface area contributed by atoms with Crippen molar-refractivity contribution in [3.05, 3.63) is 103 Å². The molecule has 1 amide bonds. The van der Waals surface area contributed by atoms with Crippen LogP contribution < -0.4 is 20.1 Å². The minimum absolute atomic E-state index is 0.268. The number of amides is 1. The highest BCUT2D eigenvalue weighted by atomic mass is 16.5. The van der Waals surface area contributed by atoms with E-state index in [1.54, 1.807) is 50.0 Å². The third-order valence-corrected chi connectivity index (χ3v) is 5.34. The summed E-state index contributed by atoms with van der Waals surface area (Å²) in [5.41, 5.74) is 4.86. The van der Waals surface area contributed by atoms with Crippen molar-refractivity contribution in [2.75, 3.05) is 24.4 Å². The molecule has 37 heavy (non-hydrogen) atoms. The highest BCUT2D eigenvalue weighted by Crippen LogP contribution is 2.29. The molecule has 0 aliphatic heterocycles. The van der Waals surface area contributed by atoms with Gasteiger partial charge in [0.05, 0.1) is 12.8 Å². The molecular formula is C29H27N5O3. The minimum atomic E-state index is -0.268. The lowest BCUT2D eigenvalue weighted by Gasteiger charge is -2.12. The molecule has 0 saturated carbocycles. The monoisotopic (exact) mass is 493 g/mol. The summed E-state index contributed by atoms with van der Waals surface area (Å²) in [5.74, 6) is 1.37. The van der Waals surface area contributed by atoms with Crippen LogP contribution in [0.15, 0.2) is 91.9 Å². The zero-order chi connectivity index (χ0) is 26.0. The Balaban J connectivity index is 1.44. The van der Waals surface area contributed by atoms with E-state index >= 15 is 0 Å². The number of hydrogen-bond acceptors (Lipinski definition) is 7. The van der Waals surface area contributed by atoms with Gasteiger partial charge in [-0.15, -0.1) is 0 Å². The number of benzene rings is 2. The van der Waals surface area contributed by atoms with Gasteiger partial charge in [0.2, 0.25) is 11.9 Å². The van der Waals surface area contributed by atoms with E-state index in [2.05, 4.69) is 32.2 Å². The molecule has 0 spiro atoms. The smallest absolute Gasteiger partial charge is 0.248 e. The zero-order valence-electron chi connectivity index (χ0n) is 20.6. The van der Waals surface area contributed by atoms with Crippen LogP contribution in [0.2, 0.25) is 0 Å². The van der Waals surface area contributed by atoms with E-state index in [1.807, 2.05) is 49.4 Å². The number of hydrogen-bond donors (Lipinski definition) is 2. The van der Waals surface area contributed by atoms with E-state index in [-0.39, 0.29) is 5.91 Å². The first kappa shape index (κ1) is 25.1. The van der Waals surface area contributed by atoms with Crippen LogP contribution in [0.3, 0.4) is 0 Å². The number of carbonyl (C=O) groups excluding carboxylic acids is 1. The van der Waals surface area contributed by atoms with Gasteiger partial charge < -0.3 is 20.1 Å². The predicted molar refractivity (Wildman–Crippen MR) is 146 cm³/mol. The molecule has 4 aromatic rings. The summed E-state index contributed by atoms with van der Waals surface area (Å²) in [4.78, 5) is 25.6. The van der Waals surface area contributed by atoms with Crippen molar-refractivity contribution in [3.8, 4) is 22.8 Å². The summed E-state index contributed by atoms with van der Waals surface area (Å²) < 4.78 is 10.9. The van der Waals surface area contributed by atoms with Crippen LogP contribution in [0.1, 0.15) is 11.1 Å². The number of pyridine rings is 1. The van der Waals surface area contributed by atoms with Gasteiger partial charge in [0, 0.05) is 41.6 Å². The number of nitrogens with zero attached hydrogens (tertiary/aromatic N) is 3. The molecule has 0 fully saturated rings. The molecule has 2 N–H and O–H groups in total. The maximum atomic E-state index is 12.6. The lowest BCUT2D eigenvalue weighted by Crippen LogP contribution is -2.08. The Labute approximate surface area is 215 Å². The van der Waals surface area contributed by atoms with Crippen LogP contribution in [-0.2, 0) is 4.79 Å². The number of rotatable bonds is 10. The Morgan fingerprint density at radius 3 is 2.76 bits per heavy atom. The van der Waals surface area contributed by atoms with Gasteiger partial charge in [-0.2, -0.15) is 0 Å². The average molecular weight is 494 g/mol. The molecule has 4 rings (SSSR count). The summed E-state index contributed by atoms with van der Waals surface area (Å²) in [6.07, 6.45) is 10.00. The van der Waals surface area contributed by atoms with Gasteiger partial charge in [-0.3, -0.25) is 9.78 Å². The number of aryl methyl sites for hydroxylation is 1. The standard InChI is InChI=1S/C29H27N5O3/c1-4-16-37-26-11-8-21(17-27(26)36-3)9-12-28(35)32-23-10-7-20(2)25(18-23)34-29-31-15-13-24(33-29)22-6-5-14-30-19-22/h4-15,17-19H,1,16H2,2-3H3,(H,32,35)(H,31,33,34)/b12-9+. The fourth-order valence-corrected chi connectivity index (χ4v) is 3.46. The lowest BCUT2D eigenvalue weighted by atomic mass is 10.1. The highest BCUT2D eigenvalue weighted by molar-refractivity contribution is 6.02. The van der Waals surface area contributed by atoms with Gasteiger partial charge in [0.1, 0.15) is 6.61 Å². The Hall–Kier alpha value is -4.98. The van der Waals surface area contributed by atoms with E-state index in [4.69, 9.17) is 9.47 Å². The number of ether oxygens (including phenoxy) is 2. The van der Waals surface area contributed by atoms with Crippen molar-refractivity contribution in [3.63, 3.8) is 0 Å². The van der Waals surface area contributed by atoms with Gasteiger partial charge in [0.15, 0.2) is 11.5 Å². The molecule has 0 unspecified atom stereocenters. The van der Waals surface area contributed by atoms with E-state index in [9.17, 15) is 4.79 Å². The van der Waals surface area contributed by atoms with Crippen LogP contribution in [-0.4, -0.2) is 34.6 Å². The minimum Gasteiger partial charge on any atom is -0.493 e. The molecule has 0 radical (unpaired) electrons. The highest BCUT2D eigenvalue weighted by Gasteiger charge is 2.08. The molecule has 0 saturated heterocycles. The first-order chi connectivity index (χ1) is 18.1. The Kier molecular flexibility index (Phi) is 8.23. The van der Waals surface area contributed by atoms with Crippen molar-refractivity contribution in [2.45, 2.75) is 6.92 Å². The first-order valence-corrected chi connectivity index (χ1v) is 11.6. The summed E-state index contributed by atoms with van der Waals surface area (Å²) in [5, 5.41) is 6.13. The molecule has 8 heteroatoms. The Bertz CT molecular complexity index is 1420. The quantitative estimate of drug-likeness (QED) is 0.212. The van der Waals surface area contributed by atoms with Gasteiger partial charge in [-0.25, -0.2) is 9.97 Å². The summed E-state index contributed by atoms with van der Waals surface area (Å²) in [7, 11) is 1.57. The largest absolute Gasteiger partial charge is 0.493 e. The molecule has 0 bridgehead atoms. The molecule has 8 nitrogen and oxygen atoms in total. The van der Waals surface area contributed by atoms with Gasteiger partial charge in [-0.05, 0) is 66.6 Å². The van der Waals surface area contributed by atoms with Crippen LogP contribution in [0, 0.1) is 6.92 Å². The van der Waals surface area contributed by atoms with Crippen LogP contribution in [0.5, 0.6) is 11.5 Å². The van der Waals surface area contributed by atoms with Crippen molar-refractivity contribution in [1.29, 1.82) is 0 Å². The normalized spacial score (nSPS) is 10.6.